The molecule has 2 heterocycles. The van der Waals surface area contributed by atoms with E-state index < -0.39 is 0 Å². The van der Waals surface area contributed by atoms with Gasteiger partial charge in [-0.1, -0.05) is 38.1 Å². The van der Waals surface area contributed by atoms with Crippen LogP contribution in [0.25, 0.3) is 0 Å². The number of benzene rings is 1. The molecule has 0 radical (unpaired) electrons. The SMILES string of the molecule is COc1cc(CN2CCN(C(C)(C)C)C(c3ccccc3C(C)C)C2)cnc1C1CC1. The summed E-state index contributed by atoms with van der Waals surface area (Å²) >= 11 is 0. The first-order valence-electron chi connectivity index (χ1n) is 11.9. The van der Waals surface area contributed by atoms with Crippen molar-refractivity contribution in [2.75, 3.05) is 26.7 Å². The van der Waals surface area contributed by atoms with Gasteiger partial charge in [0.15, 0.2) is 0 Å². The van der Waals surface area contributed by atoms with Gasteiger partial charge in [0.25, 0.3) is 0 Å². The Morgan fingerprint density at radius 1 is 1.13 bits per heavy atom. The van der Waals surface area contributed by atoms with Crippen LogP contribution in [0.5, 0.6) is 5.75 Å². The van der Waals surface area contributed by atoms with Crippen molar-refractivity contribution >= 4 is 0 Å². The van der Waals surface area contributed by atoms with E-state index in [9.17, 15) is 0 Å². The Labute approximate surface area is 188 Å². The lowest BCUT2D eigenvalue weighted by molar-refractivity contribution is 0.00550. The number of hydrogen-bond donors (Lipinski definition) is 0. The molecule has 168 valence electrons. The van der Waals surface area contributed by atoms with Crippen LogP contribution in [-0.4, -0.2) is 47.1 Å². The number of methoxy groups -OCH3 is 1. The van der Waals surface area contributed by atoms with Crippen LogP contribution >= 0.6 is 0 Å². The van der Waals surface area contributed by atoms with E-state index in [0.29, 0.717) is 17.9 Å². The lowest BCUT2D eigenvalue weighted by atomic mass is 9.88. The predicted octanol–water partition coefficient (Wildman–Crippen LogP) is 5.75. The minimum atomic E-state index is 0.136. The zero-order chi connectivity index (χ0) is 22.2. The number of nitrogens with zero attached hydrogens (tertiary/aromatic N) is 3. The van der Waals surface area contributed by atoms with E-state index in [1.807, 2.05) is 0 Å². The number of pyridine rings is 1. The smallest absolute Gasteiger partial charge is 0.140 e. The normalized spacial score (nSPS) is 20.9. The van der Waals surface area contributed by atoms with Gasteiger partial charge in [0.05, 0.1) is 12.8 Å². The lowest BCUT2D eigenvalue weighted by Gasteiger charge is -2.49. The molecule has 0 N–H and O–H groups in total. The van der Waals surface area contributed by atoms with Gasteiger partial charge in [-0.05, 0) is 62.3 Å². The first-order valence-corrected chi connectivity index (χ1v) is 11.9. The fraction of sp³-hybridized carbons (Fsp3) is 0.593. The quantitative estimate of drug-likeness (QED) is 0.594. The maximum absolute atomic E-state index is 5.68. The minimum Gasteiger partial charge on any atom is -0.495 e. The molecule has 4 rings (SSSR count). The summed E-state index contributed by atoms with van der Waals surface area (Å²) in [7, 11) is 1.77. The average molecular weight is 422 g/mol. The van der Waals surface area contributed by atoms with E-state index in [1.54, 1.807) is 7.11 Å². The summed E-state index contributed by atoms with van der Waals surface area (Å²) < 4.78 is 5.68. The van der Waals surface area contributed by atoms with Gasteiger partial charge in [-0.25, -0.2) is 0 Å². The maximum Gasteiger partial charge on any atom is 0.140 e. The Balaban J connectivity index is 1.58. The predicted molar refractivity (Wildman–Crippen MR) is 128 cm³/mol. The van der Waals surface area contributed by atoms with Crippen molar-refractivity contribution in [3.63, 3.8) is 0 Å². The molecular formula is C27H39N3O. The van der Waals surface area contributed by atoms with Crippen LogP contribution in [0, 0.1) is 0 Å². The van der Waals surface area contributed by atoms with E-state index in [0.717, 1.165) is 37.6 Å². The molecule has 1 atom stereocenters. The van der Waals surface area contributed by atoms with Crippen molar-refractivity contribution in [3.05, 3.63) is 58.9 Å². The lowest BCUT2D eigenvalue weighted by Crippen LogP contribution is -2.55. The fourth-order valence-corrected chi connectivity index (χ4v) is 5.06. The van der Waals surface area contributed by atoms with Gasteiger partial charge in [-0.3, -0.25) is 14.8 Å². The molecule has 1 unspecified atom stereocenters. The molecule has 2 aliphatic rings. The van der Waals surface area contributed by atoms with Crippen LogP contribution in [0.15, 0.2) is 36.5 Å². The average Bonchev–Trinajstić information content (AvgIpc) is 3.58. The molecule has 1 aliphatic carbocycles. The molecule has 0 bridgehead atoms. The third kappa shape index (κ3) is 4.96. The molecule has 1 saturated heterocycles. The molecule has 2 aromatic rings. The molecule has 1 aromatic carbocycles. The largest absolute Gasteiger partial charge is 0.495 e. The molecule has 1 aliphatic heterocycles. The standard InChI is InChI=1S/C27H39N3O/c1-19(2)22-9-7-8-10-23(22)24-18-29(13-14-30(24)27(3,4)5)17-20-15-25(31-6)26(28-16-20)21-11-12-21/h7-10,15-16,19,21,24H,11-14,17-18H2,1-6H3. The highest BCUT2D eigenvalue weighted by molar-refractivity contribution is 5.36. The van der Waals surface area contributed by atoms with E-state index in [4.69, 9.17) is 9.72 Å². The highest BCUT2D eigenvalue weighted by Gasteiger charge is 2.36. The molecule has 2 fully saturated rings. The first-order chi connectivity index (χ1) is 14.8. The molecular weight excluding hydrogens is 382 g/mol. The minimum absolute atomic E-state index is 0.136. The van der Waals surface area contributed by atoms with Gasteiger partial charge in [0, 0.05) is 49.9 Å². The van der Waals surface area contributed by atoms with Gasteiger partial charge in [-0.2, -0.15) is 0 Å². The number of ether oxygens (including phenoxy) is 1. The summed E-state index contributed by atoms with van der Waals surface area (Å²) in [6.45, 7) is 15.8. The van der Waals surface area contributed by atoms with Crippen LogP contribution in [-0.2, 0) is 6.54 Å². The topological polar surface area (TPSA) is 28.6 Å². The fourth-order valence-electron chi connectivity index (χ4n) is 5.06. The van der Waals surface area contributed by atoms with Crippen LogP contribution in [0.4, 0.5) is 0 Å². The van der Waals surface area contributed by atoms with Gasteiger partial charge < -0.3 is 4.74 Å². The van der Waals surface area contributed by atoms with Crippen molar-refractivity contribution in [3.8, 4) is 5.75 Å². The van der Waals surface area contributed by atoms with Gasteiger partial charge in [0.1, 0.15) is 5.75 Å². The van der Waals surface area contributed by atoms with Gasteiger partial charge in [0.2, 0.25) is 0 Å². The number of rotatable bonds is 6. The summed E-state index contributed by atoms with van der Waals surface area (Å²) in [4.78, 5) is 10.1. The molecule has 1 saturated carbocycles. The Kier molecular flexibility index (Phi) is 6.41. The Hall–Kier alpha value is -1.91. The maximum atomic E-state index is 5.68. The van der Waals surface area contributed by atoms with Crippen molar-refractivity contribution in [2.24, 2.45) is 0 Å². The highest BCUT2D eigenvalue weighted by atomic mass is 16.5. The summed E-state index contributed by atoms with van der Waals surface area (Å²) in [6.07, 6.45) is 4.56. The zero-order valence-electron chi connectivity index (χ0n) is 20.2. The van der Waals surface area contributed by atoms with Gasteiger partial charge in [-0.15, -0.1) is 0 Å². The molecule has 4 nitrogen and oxygen atoms in total. The van der Waals surface area contributed by atoms with Crippen LogP contribution < -0.4 is 4.74 Å². The van der Waals surface area contributed by atoms with Crippen molar-refractivity contribution < 1.29 is 4.74 Å². The molecule has 31 heavy (non-hydrogen) atoms. The summed E-state index contributed by atoms with van der Waals surface area (Å²) in [5.41, 5.74) is 5.49. The third-order valence-electron chi connectivity index (χ3n) is 6.83. The third-order valence-corrected chi connectivity index (χ3v) is 6.83. The molecule has 0 spiro atoms. The van der Waals surface area contributed by atoms with Crippen molar-refractivity contribution in [1.82, 2.24) is 14.8 Å². The van der Waals surface area contributed by atoms with E-state index in [2.05, 4.69) is 80.9 Å². The van der Waals surface area contributed by atoms with E-state index in [-0.39, 0.29) is 5.54 Å². The van der Waals surface area contributed by atoms with Crippen LogP contribution in [0.1, 0.15) is 87.7 Å². The van der Waals surface area contributed by atoms with Crippen LogP contribution in [0.3, 0.4) is 0 Å². The molecule has 1 aromatic heterocycles. The summed E-state index contributed by atoms with van der Waals surface area (Å²) in [5.74, 6) is 2.10. The number of hydrogen-bond acceptors (Lipinski definition) is 4. The Bertz CT molecular complexity index is 898. The van der Waals surface area contributed by atoms with E-state index in [1.165, 1.54) is 29.5 Å². The second-order valence-corrected chi connectivity index (χ2v) is 10.6. The summed E-state index contributed by atoms with van der Waals surface area (Å²) in [5, 5.41) is 0. The number of piperazine rings is 1. The number of aromatic nitrogens is 1. The van der Waals surface area contributed by atoms with Gasteiger partial charge >= 0.3 is 0 Å². The van der Waals surface area contributed by atoms with Crippen molar-refractivity contribution in [1.29, 1.82) is 0 Å². The highest BCUT2D eigenvalue weighted by Crippen LogP contribution is 2.43. The van der Waals surface area contributed by atoms with Crippen molar-refractivity contribution in [2.45, 2.75) is 77.4 Å². The second-order valence-electron chi connectivity index (χ2n) is 10.6. The Morgan fingerprint density at radius 2 is 1.87 bits per heavy atom. The first kappa shape index (κ1) is 22.3. The summed E-state index contributed by atoms with van der Waals surface area (Å²) in [6, 6.07) is 11.6. The molecule has 0 amide bonds. The zero-order valence-corrected chi connectivity index (χ0v) is 20.2. The Morgan fingerprint density at radius 3 is 2.52 bits per heavy atom. The second kappa shape index (κ2) is 8.91. The van der Waals surface area contributed by atoms with E-state index >= 15 is 0 Å². The molecule has 4 heteroatoms. The monoisotopic (exact) mass is 421 g/mol. The van der Waals surface area contributed by atoms with Crippen LogP contribution in [0.2, 0.25) is 0 Å².